The first-order valence-corrected chi connectivity index (χ1v) is 5.44. The summed E-state index contributed by atoms with van der Waals surface area (Å²) in [5.41, 5.74) is 1.47. The van der Waals surface area contributed by atoms with Crippen molar-refractivity contribution >= 4 is 23.4 Å². The molecule has 0 aromatic heterocycles. The third-order valence-corrected chi connectivity index (χ3v) is 3.34. The monoisotopic (exact) mass is 238 g/mol. The zero-order valence-electron chi connectivity index (χ0n) is 8.74. The van der Waals surface area contributed by atoms with Crippen LogP contribution >= 0.6 is 11.6 Å². The molecule has 16 heavy (non-hydrogen) atoms. The van der Waals surface area contributed by atoms with E-state index in [0.29, 0.717) is 17.0 Å². The van der Waals surface area contributed by atoms with Crippen molar-refractivity contribution in [3.63, 3.8) is 0 Å². The van der Waals surface area contributed by atoms with Gasteiger partial charge in [0.25, 0.3) is 0 Å². The van der Waals surface area contributed by atoms with Gasteiger partial charge in [0.1, 0.15) is 0 Å². The molecule has 1 N–H and O–H groups in total. The topological polar surface area (TPSA) is 54.4 Å². The van der Waals surface area contributed by atoms with E-state index in [1.807, 2.05) is 0 Å². The molecular weight excluding hydrogens is 228 g/mol. The largest absolute Gasteiger partial charge is 0.481 e. The highest BCUT2D eigenvalue weighted by Crippen LogP contribution is 2.33. The van der Waals surface area contributed by atoms with Gasteiger partial charge in [0.05, 0.1) is 5.92 Å². The lowest BCUT2D eigenvalue weighted by molar-refractivity contribution is -0.142. The number of hydrogen-bond donors (Lipinski definition) is 1. The van der Waals surface area contributed by atoms with Gasteiger partial charge in [0.2, 0.25) is 0 Å². The maximum Gasteiger partial charge on any atom is 0.306 e. The Hall–Kier alpha value is -1.35. The maximum atomic E-state index is 12.0. The molecular formula is C12H11ClO3. The number of fused-ring (bicyclic) bond motifs is 1. The molecule has 4 heteroatoms. The number of carboxylic acids is 1. The van der Waals surface area contributed by atoms with Gasteiger partial charge in [0.15, 0.2) is 5.78 Å². The van der Waals surface area contributed by atoms with E-state index in [9.17, 15) is 9.59 Å². The fourth-order valence-electron chi connectivity index (χ4n) is 2.06. The minimum atomic E-state index is -0.933. The van der Waals surface area contributed by atoms with E-state index in [0.717, 1.165) is 5.56 Å². The van der Waals surface area contributed by atoms with Gasteiger partial charge in [0, 0.05) is 16.5 Å². The first-order valence-electron chi connectivity index (χ1n) is 5.06. The molecule has 0 aliphatic heterocycles. The first-order chi connectivity index (χ1) is 7.50. The molecule has 0 fully saturated rings. The van der Waals surface area contributed by atoms with Crippen molar-refractivity contribution in [2.24, 2.45) is 11.8 Å². The van der Waals surface area contributed by atoms with E-state index in [1.165, 1.54) is 0 Å². The van der Waals surface area contributed by atoms with Crippen molar-refractivity contribution in [2.75, 3.05) is 0 Å². The first kappa shape index (κ1) is 11.1. The van der Waals surface area contributed by atoms with Gasteiger partial charge in [-0.3, -0.25) is 9.59 Å². The van der Waals surface area contributed by atoms with Crippen LogP contribution in [0.25, 0.3) is 0 Å². The Morgan fingerprint density at radius 3 is 2.88 bits per heavy atom. The zero-order valence-corrected chi connectivity index (χ0v) is 9.49. The number of Topliss-reactive ketones (excluding diaryl/α,β-unsaturated/α-hetero) is 1. The summed E-state index contributed by atoms with van der Waals surface area (Å²) in [4.78, 5) is 22.8. The number of carbonyl (C=O) groups is 2. The van der Waals surface area contributed by atoms with Crippen LogP contribution in [0.4, 0.5) is 0 Å². The number of halogens is 1. The van der Waals surface area contributed by atoms with Crippen LogP contribution < -0.4 is 0 Å². The van der Waals surface area contributed by atoms with Gasteiger partial charge in [-0.2, -0.15) is 0 Å². The molecule has 0 radical (unpaired) electrons. The number of benzene rings is 1. The highest BCUT2D eigenvalue weighted by Gasteiger charge is 2.37. The number of hydrogen-bond acceptors (Lipinski definition) is 2. The van der Waals surface area contributed by atoms with Crippen LogP contribution in [0.2, 0.25) is 5.02 Å². The van der Waals surface area contributed by atoms with Crippen LogP contribution in [-0.2, 0) is 11.2 Å². The maximum absolute atomic E-state index is 12.0. The number of carbonyl (C=O) groups excluding carboxylic acids is 1. The summed E-state index contributed by atoms with van der Waals surface area (Å²) in [5.74, 6) is -2.14. The number of aliphatic carboxylic acids is 1. The molecule has 1 aromatic rings. The lowest BCUT2D eigenvalue weighted by Crippen LogP contribution is -2.25. The highest BCUT2D eigenvalue weighted by molar-refractivity contribution is 6.31. The van der Waals surface area contributed by atoms with Crippen LogP contribution in [0.15, 0.2) is 18.2 Å². The predicted octanol–water partition coefficient (Wildman–Crippen LogP) is 2.42. The van der Waals surface area contributed by atoms with Crippen molar-refractivity contribution < 1.29 is 14.7 Å². The fraction of sp³-hybridized carbons (Fsp3) is 0.333. The molecule has 0 amide bonds. The molecule has 0 saturated carbocycles. The van der Waals surface area contributed by atoms with Crippen LogP contribution in [0.5, 0.6) is 0 Å². The summed E-state index contributed by atoms with van der Waals surface area (Å²) >= 11 is 5.81. The summed E-state index contributed by atoms with van der Waals surface area (Å²) in [5, 5.41) is 9.43. The minimum Gasteiger partial charge on any atom is -0.481 e. The van der Waals surface area contributed by atoms with Crippen molar-refractivity contribution in [1.29, 1.82) is 0 Å². The highest BCUT2D eigenvalue weighted by atomic mass is 35.5. The summed E-state index contributed by atoms with van der Waals surface area (Å²) < 4.78 is 0. The Kier molecular flexibility index (Phi) is 2.72. The number of ketones is 1. The molecule has 0 heterocycles. The Morgan fingerprint density at radius 2 is 2.25 bits per heavy atom. The summed E-state index contributed by atoms with van der Waals surface area (Å²) in [6.45, 7) is 1.57. The lowest BCUT2D eigenvalue weighted by atomic mass is 9.91. The summed E-state index contributed by atoms with van der Waals surface area (Å²) in [6, 6.07) is 5.14. The third-order valence-electron chi connectivity index (χ3n) is 3.11. The number of carboxylic acid groups (broad SMARTS) is 1. The van der Waals surface area contributed by atoms with Gasteiger partial charge < -0.3 is 5.11 Å². The molecule has 0 spiro atoms. The average molecular weight is 239 g/mol. The summed E-state index contributed by atoms with van der Waals surface area (Å²) in [7, 11) is 0. The fourth-order valence-corrected chi connectivity index (χ4v) is 2.23. The molecule has 0 saturated heterocycles. The molecule has 0 bridgehead atoms. The van der Waals surface area contributed by atoms with Gasteiger partial charge >= 0.3 is 5.97 Å². The molecule has 84 valence electrons. The van der Waals surface area contributed by atoms with Gasteiger partial charge in [-0.1, -0.05) is 24.6 Å². The zero-order chi connectivity index (χ0) is 11.9. The Balaban J connectivity index is 2.34. The molecule has 2 unspecified atom stereocenters. The third kappa shape index (κ3) is 1.71. The van der Waals surface area contributed by atoms with E-state index in [-0.39, 0.29) is 5.78 Å². The van der Waals surface area contributed by atoms with Crippen molar-refractivity contribution in [3.05, 3.63) is 34.3 Å². The predicted molar refractivity (Wildman–Crippen MR) is 59.8 cm³/mol. The van der Waals surface area contributed by atoms with E-state index in [1.54, 1.807) is 25.1 Å². The van der Waals surface area contributed by atoms with E-state index >= 15 is 0 Å². The van der Waals surface area contributed by atoms with Gasteiger partial charge in [-0.25, -0.2) is 0 Å². The number of rotatable bonds is 2. The molecule has 1 aliphatic carbocycles. The standard InChI is InChI=1S/C12H11ClO3/c1-6(12(15)16)9-4-7-2-3-8(13)5-10(7)11(9)14/h2-3,5-6,9H,4H2,1H3,(H,15,16). The van der Waals surface area contributed by atoms with E-state index in [4.69, 9.17) is 16.7 Å². The van der Waals surface area contributed by atoms with Crippen LogP contribution in [0, 0.1) is 11.8 Å². The van der Waals surface area contributed by atoms with Gasteiger partial charge in [-0.15, -0.1) is 0 Å². The van der Waals surface area contributed by atoms with Crippen molar-refractivity contribution in [2.45, 2.75) is 13.3 Å². The van der Waals surface area contributed by atoms with E-state index < -0.39 is 17.8 Å². The Bertz CT molecular complexity index is 467. The van der Waals surface area contributed by atoms with Crippen molar-refractivity contribution in [3.8, 4) is 0 Å². The Labute approximate surface area is 98.0 Å². The van der Waals surface area contributed by atoms with Crippen LogP contribution in [-0.4, -0.2) is 16.9 Å². The van der Waals surface area contributed by atoms with E-state index in [2.05, 4.69) is 0 Å². The molecule has 1 aromatic carbocycles. The quantitative estimate of drug-likeness (QED) is 0.861. The van der Waals surface area contributed by atoms with Crippen LogP contribution in [0.3, 0.4) is 0 Å². The molecule has 1 aliphatic rings. The summed E-state index contributed by atoms with van der Waals surface area (Å²) in [6.07, 6.45) is 0.499. The minimum absolute atomic E-state index is 0.104. The second-order valence-electron chi connectivity index (χ2n) is 4.10. The Morgan fingerprint density at radius 1 is 1.56 bits per heavy atom. The SMILES string of the molecule is CC(C(=O)O)C1Cc2ccc(Cl)cc2C1=O. The smallest absolute Gasteiger partial charge is 0.306 e. The molecule has 3 nitrogen and oxygen atoms in total. The molecule has 2 rings (SSSR count). The van der Waals surface area contributed by atoms with Gasteiger partial charge in [-0.05, 0) is 24.1 Å². The second kappa shape index (κ2) is 3.91. The molecule has 2 atom stereocenters. The van der Waals surface area contributed by atoms with Crippen LogP contribution in [0.1, 0.15) is 22.8 Å². The lowest BCUT2D eigenvalue weighted by Gasteiger charge is -2.12. The second-order valence-corrected chi connectivity index (χ2v) is 4.54. The normalized spacial score (nSPS) is 20.6. The van der Waals surface area contributed by atoms with Crippen molar-refractivity contribution in [1.82, 2.24) is 0 Å². The average Bonchev–Trinajstić information content (AvgIpc) is 2.55.